The van der Waals surface area contributed by atoms with Gasteiger partial charge in [0.1, 0.15) is 11.5 Å². The molecule has 0 aromatic carbocycles. The zero-order valence-corrected chi connectivity index (χ0v) is 16.6. The summed E-state index contributed by atoms with van der Waals surface area (Å²) in [4.78, 5) is 11.4. The molecule has 2 rings (SSSR count). The van der Waals surface area contributed by atoms with Crippen molar-refractivity contribution in [2.45, 2.75) is 45.4 Å². The highest BCUT2D eigenvalue weighted by molar-refractivity contribution is 5.75. The third-order valence-corrected chi connectivity index (χ3v) is 4.44. The molecule has 0 bridgehead atoms. The van der Waals surface area contributed by atoms with E-state index in [4.69, 9.17) is 8.83 Å². The van der Waals surface area contributed by atoms with Crippen LogP contribution in [0.4, 0.5) is 0 Å². The summed E-state index contributed by atoms with van der Waals surface area (Å²) in [5.41, 5.74) is 0. The predicted octanol–water partition coefficient (Wildman–Crippen LogP) is 5.07. The van der Waals surface area contributed by atoms with Crippen LogP contribution in [0.15, 0.2) is 55.6 Å². The maximum Gasteiger partial charge on any atom is 0.144 e. The van der Waals surface area contributed by atoms with Gasteiger partial charge in [0.25, 0.3) is 0 Å². The first kappa shape index (κ1) is 21.2. The first-order valence-corrected chi connectivity index (χ1v) is 10.2. The summed E-state index contributed by atoms with van der Waals surface area (Å²) >= 11 is 0. The Morgan fingerprint density at radius 2 is 1.33 bits per heavy atom. The van der Waals surface area contributed by atoms with E-state index < -0.39 is 0 Å². The number of nitrogens with zero attached hydrogens (tertiary/aromatic N) is 3. The van der Waals surface area contributed by atoms with Crippen molar-refractivity contribution in [1.82, 2.24) is 4.90 Å². The van der Waals surface area contributed by atoms with Gasteiger partial charge in [0.05, 0.1) is 38.0 Å². The zero-order chi connectivity index (χ0) is 19.0. The Balaban J connectivity index is 1.69. The second-order valence-corrected chi connectivity index (χ2v) is 6.71. The summed E-state index contributed by atoms with van der Waals surface area (Å²) in [7, 11) is 0. The van der Waals surface area contributed by atoms with Gasteiger partial charge in [0.15, 0.2) is 0 Å². The Bertz CT molecular complexity index is 570. The molecule has 0 radical (unpaired) electrons. The second-order valence-electron chi connectivity index (χ2n) is 6.71. The molecule has 0 unspecified atom stereocenters. The van der Waals surface area contributed by atoms with E-state index in [1.807, 2.05) is 24.3 Å². The Morgan fingerprint density at radius 3 is 1.85 bits per heavy atom. The van der Waals surface area contributed by atoms with Crippen molar-refractivity contribution in [1.29, 1.82) is 0 Å². The highest BCUT2D eigenvalue weighted by Crippen LogP contribution is 2.06. The zero-order valence-electron chi connectivity index (χ0n) is 16.6. The van der Waals surface area contributed by atoms with Crippen LogP contribution in [-0.4, -0.2) is 50.1 Å². The number of rotatable bonds is 15. The van der Waals surface area contributed by atoms with Crippen molar-refractivity contribution in [3.05, 3.63) is 48.3 Å². The second kappa shape index (κ2) is 14.0. The molecule has 0 aliphatic rings. The monoisotopic (exact) mass is 371 g/mol. The minimum Gasteiger partial charge on any atom is -0.463 e. The SMILES string of the molecule is CCCCCCCCN(CCN=Cc1ccco1)CCN=Cc1ccco1. The number of furan rings is 2. The van der Waals surface area contributed by atoms with Gasteiger partial charge >= 0.3 is 0 Å². The highest BCUT2D eigenvalue weighted by Gasteiger charge is 2.04. The lowest BCUT2D eigenvalue weighted by atomic mass is 10.1. The molecular formula is C22H33N3O2. The molecule has 0 atom stereocenters. The van der Waals surface area contributed by atoms with Gasteiger partial charge in [0, 0.05) is 13.1 Å². The number of hydrogen-bond donors (Lipinski definition) is 0. The normalized spacial score (nSPS) is 12.1. The summed E-state index contributed by atoms with van der Waals surface area (Å²) in [5, 5.41) is 0. The van der Waals surface area contributed by atoms with E-state index in [9.17, 15) is 0 Å². The average molecular weight is 372 g/mol. The largest absolute Gasteiger partial charge is 0.463 e. The lowest BCUT2D eigenvalue weighted by Crippen LogP contribution is -2.30. The van der Waals surface area contributed by atoms with E-state index in [1.54, 1.807) is 25.0 Å². The molecule has 0 amide bonds. The topological polar surface area (TPSA) is 54.2 Å². The molecule has 0 saturated heterocycles. The van der Waals surface area contributed by atoms with Gasteiger partial charge in [-0.15, -0.1) is 0 Å². The maximum absolute atomic E-state index is 5.28. The van der Waals surface area contributed by atoms with Crippen LogP contribution in [0.2, 0.25) is 0 Å². The fraction of sp³-hybridized carbons (Fsp3) is 0.545. The minimum absolute atomic E-state index is 0.776. The molecule has 0 saturated carbocycles. The Morgan fingerprint density at radius 1 is 0.778 bits per heavy atom. The molecule has 0 aliphatic carbocycles. The summed E-state index contributed by atoms with van der Waals surface area (Å²) in [6, 6.07) is 7.59. The third-order valence-electron chi connectivity index (χ3n) is 4.44. The van der Waals surface area contributed by atoms with Crippen LogP contribution < -0.4 is 0 Å². The van der Waals surface area contributed by atoms with Crippen molar-refractivity contribution in [2.24, 2.45) is 9.98 Å². The number of aliphatic imine (C=N–C) groups is 2. The van der Waals surface area contributed by atoms with E-state index in [0.717, 1.165) is 44.2 Å². The lowest BCUT2D eigenvalue weighted by Gasteiger charge is -2.20. The van der Waals surface area contributed by atoms with E-state index in [0.29, 0.717) is 0 Å². The molecule has 0 N–H and O–H groups in total. The highest BCUT2D eigenvalue weighted by atomic mass is 16.3. The van der Waals surface area contributed by atoms with Crippen LogP contribution in [0, 0.1) is 0 Å². The molecule has 2 aromatic heterocycles. The maximum atomic E-state index is 5.28. The molecule has 148 valence electrons. The summed E-state index contributed by atoms with van der Waals surface area (Å²) < 4.78 is 10.6. The van der Waals surface area contributed by atoms with E-state index in [1.165, 1.54) is 38.5 Å². The quantitative estimate of drug-likeness (QED) is 0.324. The number of hydrogen-bond acceptors (Lipinski definition) is 5. The van der Waals surface area contributed by atoms with Crippen LogP contribution in [0.1, 0.15) is 57.0 Å². The van der Waals surface area contributed by atoms with Gasteiger partial charge in [-0.3, -0.25) is 14.9 Å². The van der Waals surface area contributed by atoms with Gasteiger partial charge in [-0.25, -0.2) is 0 Å². The third kappa shape index (κ3) is 9.94. The smallest absolute Gasteiger partial charge is 0.144 e. The summed E-state index contributed by atoms with van der Waals surface area (Å²) in [6.07, 6.45) is 14.9. The number of unbranched alkanes of at least 4 members (excludes halogenated alkanes) is 5. The van der Waals surface area contributed by atoms with Crippen LogP contribution in [0.5, 0.6) is 0 Å². The van der Waals surface area contributed by atoms with Crippen molar-refractivity contribution < 1.29 is 8.83 Å². The fourth-order valence-corrected chi connectivity index (χ4v) is 2.89. The van der Waals surface area contributed by atoms with Gasteiger partial charge in [-0.2, -0.15) is 0 Å². The molecule has 0 aliphatic heterocycles. The molecule has 5 heteroatoms. The van der Waals surface area contributed by atoms with Crippen LogP contribution in [0.3, 0.4) is 0 Å². The van der Waals surface area contributed by atoms with Crippen molar-refractivity contribution in [3.63, 3.8) is 0 Å². The molecule has 27 heavy (non-hydrogen) atoms. The van der Waals surface area contributed by atoms with Gasteiger partial charge < -0.3 is 8.83 Å². The van der Waals surface area contributed by atoms with Crippen LogP contribution >= 0.6 is 0 Å². The van der Waals surface area contributed by atoms with Crippen molar-refractivity contribution >= 4 is 12.4 Å². The average Bonchev–Trinajstić information content (AvgIpc) is 3.38. The first-order chi connectivity index (χ1) is 13.4. The first-order valence-electron chi connectivity index (χ1n) is 10.2. The van der Waals surface area contributed by atoms with Crippen molar-refractivity contribution in [3.8, 4) is 0 Å². The Labute approximate surface area is 163 Å². The fourth-order valence-electron chi connectivity index (χ4n) is 2.89. The summed E-state index contributed by atoms with van der Waals surface area (Å²) in [6.45, 7) is 6.81. The Hall–Kier alpha value is -2.14. The van der Waals surface area contributed by atoms with E-state index >= 15 is 0 Å². The van der Waals surface area contributed by atoms with Gasteiger partial charge in [0.2, 0.25) is 0 Å². The van der Waals surface area contributed by atoms with Crippen LogP contribution in [-0.2, 0) is 0 Å². The van der Waals surface area contributed by atoms with E-state index in [2.05, 4.69) is 21.8 Å². The minimum atomic E-state index is 0.776. The molecule has 5 nitrogen and oxygen atoms in total. The molecule has 2 aromatic rings. The van der Waals surface area contributed by atoms with Crippen molar-refractivity contribution in [2.75, 3.05) is 32.7 Å². The molecular weight excluding hydrogens is 338 g/mol. The van der Waals surface area contributed by atoms with Gasteiger partial charge in [-0.05, 0) is 37.2 Å². The van der Waals surface area contributed by atoms with Crippen LogP contribution in [0.25, 0.3) is 0 Å². The molecule has 2 heterocycles. The molecule has 0 fully saturated rings. The molecule has 0 spiro atoms. The van der Waals surface area contributed by atoms with Gasteiger partial charge in [-0.1, -0.05) is 39.0 Å². The van der Waals surface area contributed by atoms with E-state index in [-0.39, 0.29) is 0 Å². The Kier molecular flexibility index (Phi) is 11.0. The standard InChI is InChI=1S/C22H33N3O2/c1-2-3-4-5-6-7-14-25(15-12-23-19-21-10-8-17-26-21)16-13-24-20-22-11-9-18-27-22/h8-11,17-20H,2-7,12-16H2,1H3. The lowest BCUT2D eigenvalue weighted by molar-refractivity contribution is 0.282. The summed E-state index contributed by atoms with van der Waals surface area (Å²) in [5.74, 6) is 1.61. The predicted molar refractivity (Wildman–Crippen MR) is 112 cm³/mol.